The largest absolute Gasteiger partial charge is 0.494 e. The second-order valence-corrected chi connectivity index (χ2v) is 6.19. The maximum absolute atomic E-state index is 12.3. The molecule has 1 aliphatic rings. The van der Waals surface area contributed by atoms with E-state index >= 15 is 0 Å². The van der Waals surface area contributed by atoms with Gasteiger partial charge in [-0.3, -0.25) is 4.79 Å². The first-order chi connectivity index (χ1) is 10.6. The Labute approximate surface area is 133 Å². The van der Waals surface area contributed by atoms with Crippen LogP contribution in [-0.2, 0) is 11.2 Å². The van der Waals surface area contributed by atoms with Gasteiger partial charge in [0.05, 0.1) is 6.61 Å². The van der Waals surface area contributed by atoms with Gasteiger partial charge in [-0.25, -0.2) is 0 Å². The molecule has 1 aromatic carbocycles. The molecule has 0 bridgehead atoms. The summed E-state index contributed by atoms with van der Waals surface area (Å²) < 4.78 is 5.71. The predicted octanol–water partition coefficient (Wildman–Crippen LogP) is 2.39. The van der Waals surface area contributed by atoms with Crippen LogP contribution in [0.5, 0.6) is 5.75 Å². The molecule has 1 N–H and O–H groups in total. The summed E-state index contributed by atoms with van der Waals surface area (Å²) in [6.07, 6.45) is 1.49. The number of aryl methyl sites for hydroxylation is 1. The molecule has 0 spiro atoms. The van der Waals surface area contributed by atoms with Crippen molar-refractivity contribution in [2.75, 3.05) is 32.8 Å². The number of amides is 1. The fourth-order valence-electron chi connectivity index (χ4n) is 2.95. The van der Waals surface area contributed by atoms with E-state index in [0.29, 0.717) is 18.9 Å². The minimum Gasteiger partial charge on any atom is -0.494 e. The van der Waals surface area contributed by atoms with Crippen molar-refractivity contribution in [3.05, 3.63) is 29.3 Å². The van der Waals surface area contributed by atoms with E-state index in [1.54, 1.807) is 0 Å². The lowest BCUT2D eigenvalue weighted by Gasteiger charge is -2.28. The first-order valence-corrected chi connectivity index (χ1v) is 8.31. The molecular weight excluding hydrogens is 276 g/mol. The van der Waals surface area contributed by atoms with Crippen LogP contribution in [0.3, 0.4) is 0 Å². The number of nitrogens with zero attached hydrogens (tertiary/aromatic N) is 1. The van der Waals surface area contributed by atoms with Gasteiger partial charge < -0.3 is 15.0 Å². The van der Waals surface area contributed by atoms with Crippen molar-refractivity contribution in [1.82, 2.24) is 10.2 Å². The van der Waals surface area contributed by atoms with Gasteiger partial charge in [-0.05, 0) is 37.8 Å². The SMILES string of the molecule is CCOc1ccc(C)cc1CC(C)CC(=O)N1CCNCC1. The molecule has 1 fully saturated rings. The first kappa shape index (κ1) is 16.8. The third kappa shape index (κ3) is 4.73. The fourth-order valence-corrected chi connectivity index (χ4v) is 2.95. The van der Waals surface area contributed by atoms with Gasteiger partial charge in [0.15, 0.2) is 0 Å². The topological polar surface area (TPSA) is 41.6 Å². The van der Waals surface area contributed by atoms with E-state index in [4.69, 9.17) is 4.74 Å². The lowest BCUT2D eigenvalue weighted by Crippen LogP contribution is -2.46. The van der Waals surface area contributed by atoms with Crippen LogP contribution in [0.25, 0.3) is 0 Å². The molecule has 1 amide bonds. The molecule has 122 valence electrons. The quantitative estimate of drug-likeness (QED) is 0.877. The third-order valence-electron chi connectivity index (χ3n) is 4.08. The first-order valence-electron chi connectivity index (χ1n) is 8.31. The molecule has 4 heteroatoms. The zero-order valence-corrected chi connectivity index (χ0v) is 14.0. The van der Waals surface area contributed by atoms with E-state index in [1.165, 1.54) is 11.1 Å². The number of ether oxygens (including phenoxy) is 1. The maximum atomic E-state index is 12.3. The van der Waals surface area contributed by atoms with Crippen LogP contribution < -0.4 is 10.1 Å². The van der Waals surface area contributed by atoms with Crippen LogP contribution in [0.1, 0.15) is 31.4 Å². The molecule has 0 aromatic heterocycles. The number of hydrogen-bond donors (Lipinski definition) is 1. The number of carbonyl (C=O) groups is 1. The standard InChI is InChI=1S/C18H28N2O2/c1-4-22-17-6-5-14(2)11-16(17)12-15(3)13-18(21)20-9-7-19-8-10-20/h5-6,11,15,19H,4,7-10,12-13H2,1-3H3. The summed E-state index contributed by atoms with van der Waals surface area (Å²) in [5.41, 5.74) is 2.45. The van der Waals surface area contributed by atoms with Gasteiger partial charge in [0.25, 0.3) is 0 Å². The van der Waals surface area contributed by atoms with Gasteiger partial charge in [-0.15, -0.1) is 0 Å². The molecule has 0 saturated carbocycles. The second kappa shape index (κ2) is 8.18. The minimum atomic E-state index is 0.277. The number of carbonyl (C=O) groups excluding carboxylic acids is 1. The average Bonchev–Trinajstić information content (AvgIpc) is 2.51. The van der Waals surface area contributed by atoms with Crippen molar-refractivity contribution >= 4 is 5.91 Å². The summed E-state index contributed by atoms with van der Waals surface area (Å²) in [4.78, 5) is 14.3. The normalized spacial score (nSPS) is 16.4. The summed E-state index contributed by atoms with van der Waals surface area (Å²) in [7, 11) is 0. The Balaban J connectivity index is 1.94. The van der Waals surface area contributed by atoms with Gasteiger partial charge in [0.1, 0.15) is 5.75 Å². The Kier molecular flexibility index (Phi) is 6.25. The maximum Gasteiger partial charge on any atom is 0.222 e. The van der Waals surface area contributed by atoms with Crippen LogP contribution in [0, 0.1) is 12.8 Å². The molecule has 0 radical (unpaired) electrons. The summed E-state index contributed by atoms with van der Waals surface area (Å²) in [5.74, 6) is 1.55. The summed E-state index contributed by atoms with van der Waals surface area (Å²) in [6, 6.07) is 6.29. The van der Waals surface area contributed by atoms with Gasteiger partial charge in [0, 0.05) is 32.6 Å². The van der Waals surface area contributed by atoms with Gasteiger partial charge in [0.2, 0.25) is 5.91 Å². The molecule has 1 saturated heterocycles. The predicted molar refractivity (Wildman–Crippen MR) is 89.3 cm³/mol. The Morgan fingerprint density at radius 2 is 2.09 bits per heavy atom. The van der Waals surface area contributed by atoms with Gasteiger partial charge >= 0.3 is 0 Å². The van der Waals surface area contributed by atoms with Crippen molar-refractivity contribution < 1.29 is 9.53 Å². The highest BCUT2D eigenvalue weighted by Gasteiger charge is 2.19. The fraction of sp³-hybridized carbons (Fsp3) is 0.611. The number of hydrogen-bond acceptors (Lipinski definition) is 3. The second-order valence-electron chi connectivity index (χ2n) is 6.19. The van der Waals surface area contributed by atoms with Gasteiger partial charge in [-0.2, -0.15) is 0 Å². The van der Waals surface area contributed by atoms with Crippen molar-refractivity contribution in [3.63, 3.8) is 0 Å². The highest BCUT2D eigenvalue weighted by atomic mass is 16.5. The number of benzene rings is 1. The Bertz CT molecular complexity index is 496. The molecule has 22 heavy (non-hydrogen) atoms. The number of piperazine rings is 1. The molecular formula is C18H28N2O2. The highest BCUT2D eigenvalue weighted by Crippen LogP contribution is 2.24. The molecule has 1 unspecified atom stereocenters. The van der Waals surface area contributed by atoms with E-state index in [-0.39, 0.29) is 5.91 Å². The van der Waals surface area contributed by atoms with Crippen molar-refractivity contribution in [3.8, 4) is 5.75 Å². The molecule has 1 aliphatic heterocycles. The monoisotopic (exact) mass is 304 g/mol. The Morgan fingerprint density at radius 1 is 1.36 bits per heavy atom. The summed E-state index contributed by atoms with van der Waals surface area (Å²) in [5, 5.41) is 3.28. The zero-order valence-electron chi connectivity index (χ0n) is 14.0. The third-order valence-corrected chi connectivity index (χ3v) is 4.08. The van der Waals surface area contributed by atoms with Crippen LogP contribution in [0.2, 0.25) is 0 Å². The van der Waals surface area contributed by atoms with Crippen LogP contribution >= 0.6 is 0 Å². The molecule has 1 heterocycles. The molecule has 1 aromatic rings. The van der Waals surface area contributed by atoms with Crippen molar-refractivity contribution in [2.24, 2.45) is 5.92 Å². The smallest absolute Gasteiger partial charge is 0.222 e. The van der Waals surface area contributed by atoms with E-state index in [9.17, 15) is 4.79 Å². The van der Waals surface area contributed by atoms with Crippen LogP contribution in [-0.4, -0.2) is 43.6 Å². The number of nitrogens with one attached hydrogen (secondary N) is 1. The highest BCUT2D eigenvalue weighted by molar-refractivity contribution is 5.76. The summed E-state index contributed by atoms with van der Waals surface area (Å²) in [6.45, 7) is 10.4. The molecule has 4 nitrogen and oxygen atoms in total. The lowest BCUT2D eigenvalue weighted by molar-refractivity contribution is -0.132. The van der Waals surface area contributed by atoms with Gasteiger partial charge in [-0.1, -0.05) is 24.6 Å². The van der Waals surface area contributed by atoms with E-state index in [0.717, 1.165) is 38.3 Å². The van der Waals surface area contributed by atoms with Crippen LogP contribution in [0.4, 0.5) is 0 Å². The molecule has 0 aliphatic carbocycles. The van der Waals surface area contributed by atoms with Crippen molar-refractivity contribution in [1.29, 1.82) is 0 Å². The Hall–Kier alpha value is -1.55. The lowest BCUT2D eigenvalue weighted by atomic mass is 9.95. The van der Waals surface area contributed by atoms with E-state index in [1.807, 2.05) is 17.9 Å². The van der Waals surface area contributed by atoms with Crippen LogP contribution in [0.15, 0.2) is 18.2 Å². The van der Waals surface area contributed by atoms with E-state index in [2.05, 4.69) is 31.3 Å². The molecule has 1 atom stereocenters. The van der Waals surface area contributed by atoms with Crippen molar-refractivity contribution in [2.45, 2.75) is 33.6 Å². The zero-order chi connectivity index (χ0) is 15.9. The minimum absolute atomic E-state index is 0.277. The molecule has 2 rings (SSSR count). The average molecular weight is 304 g/mol. The number of rotatable bonds is 6. The summed E-state index contributed by atoms with van der Waals surface area (Å²) >= 11 is 0. The Morgan fingerprint density at radius 3 is 2.77 bits per heavy atom. The van der Waals surface area contributed by atoms with E-state index < -0.39 is 0 Å².